The van der Waals surface area contributed by atoms with E-state index in [1.165, 1.54) is 24.4 Å². The molecule has 4 rings (SSSR count). The van der Waals surface area contributed by atoms with Gasteiger partial charge in [-0.2, -0.15) is 13.2 Å². The Labute approximate surface area is 198 Å². The van der Waals surface area contributed by atoms with Crippen LogP contribution in [0.1, 0.15) is 23.0 Å². The number of hydrogen-bond donors (Lipinski definition) is 4. The molecule has 180 valence electrons. The number of thiazole rings is 1. The number of pyridine rings is 2. The molecule has 0 spiro atoms. The van der Waals surface area contributed by atoms with Crippen molar-refractivity contribution in [1.82, 2.24) is 20.3 Å². The minimum absolute atomic E-state index is 0.0449. The minimum Gasteiger partial charge on any atom is -0.477 e. The van der Waals surface area contributed by atoms with Crippen molar-refractivity contribution in [3.05, 3.63) is 63.5 Å². The average molecular weight is 503 g/mol. The Hall–Kier alpha value is -4.26. The molecule has 0 aliphatic carbocycles. The molecule has 1 aromatic carbocycles. The van der Waals surface area contributed by atoms with Crippen LogP contribution in [0.5, 0.6) is 0 Å². The van der Waals surface area contributed by atoms with Crippen LogP contribution in [0, 0.1) is 0 Å². The largest absolute Gasteiger partial charge is 0.477 e. The molecule has 0 unspecified atom stereocenters. The number of aromatic carboxylic acids is 1. The molecular weight excluding hydrogens is 487 g/mol. The van der Waals surface area contributed by atoms with Crippen LogP contribution in [0.4, 0.5) is 23.8 Å². The smallest absolute Gasteiger partial charge is 0.434 e. The Morgan fingerprint density at radius 2 is 1.97 bits per heavy atom. The number of hydrogen-bond acceptors (Lipinski definition) is 6. The first kappa shape index (κ1) is 23.9. The number of fused-ring (bicyclic) bond motifs is 1. The second-order valence-corrected chi connectivity index (χ2v) is 8.09. The highest BCUT2D eigenvalue weighted by Gasteiger charge is 2.34. The van der Waals surface area contributed by atoms with Crippen molar-refractivity contribution in [2.75, 3.05) is 11.9 Å². The molecule has 0 fully saturated rings. The Bertz CT molecular complexity index is 1510. The van der Waals surface area contributed by atoms with E-state index in [-0.39, 0.29) is 21.8 Å². The summed E-state index contributed by atoms with van der Waals surface area (Å²) in [5.74, 6) is -1.28. The summed E-state index contributed by atoms with van der Waals surface area (Å²) in [6.07, 6.45) is -2.18. The molecule has 3 aromatic heterocycles. The number of amides is 2. The molecular formula is C22H16F3N5O4S. The van der Waals surface area contributed by atoms with E-state index in [1.54, 1.807) is 13.0 Å². The van der Waals surface area contributed by atoms with Gasteiger partial charge in [0.25, 0.3) is 0 Å². The molecule has 0 aliphatic heterocycles. The van der Waals surface area contributed by atoms with Crippen molar-refractivity contribution in [1.29, 1.82) is 0 Å². The zero-order valence-corrected chi connectivity index (χ0v) is 18.7. The summed E-state index contributed by atoms with van der Waals surface area (Å²) in [6.45, 7) is 2.08. The first-order valence-electron chi connectivity index (χ1n) is 10.1. The third kappa shape index (κ3) is 4.84. The summed E-state index contributed by atoms with van der Waals surface area (Å²) in [4.78, 5) is 46.2. The van der Waals surface area contributed by atoms with Crippen LogP contribution >= 0.6 is 11.3 Å². The third-order valence-corrected chi connectivity index (χ3v) is 5.81. The van der Waals surface area contributed by atoms with Gasteiger partial charge in [0, 0.05) is 46.3 Å². The Morgan fingerprint density at radius 1 is 1.20 bits per heavy atom. The number of anilines is 1. The molecule has 4 N–H and O–H groups in total. The lowest BCUT2D eigenvalue weighted by Crippen LogP contribution is -2.28. The van der Waals surface area contributed by atoms with E-state index < -0.39 is 34.9 Å². The summed E-state index contributed by atoms with van der Waals surface area (Å²) in [5, 5.41) is 15.3. The van der Waals surface area contributed by atoms with Gasteiger partial charge in [-0.25, -0.2) is 19.6 Å². The number of carboxylic acid groups (broad SMARTS) is 1. The van der Waals surface area contributed by atoms with Crippen molar-refractivity contribution in [2.24, 2.45) is 0 Å². The Morgan fingerprint density at radius 3 is 2.63 bits per heavy atom. The van der Waals surface area contributed by atoms with Crippen molar-refractivity contribution in [3.8, 4) is 21.7 Å². The van der Waals surface area contributed by atoms with Crippen LogP contribution in [0.15, 0.2) is 46.8 Å². The number of carboxylic acids is 1. The predicted molar refractivity (Wildman–Crippen MR) is 124 cm³/mol. The fraction of sp³-hybridized carbons (Fsp3) is 0.136. The molecule has 4 aromatic rings. The number of aromatic nitrogens is 3. The Kier molecular flexibility index (Phi) is 6.26. The molecule has 0 saturated carbocycles. The number of benzene rings is 1. The minimum atomic E-state index is -4.63. The molecule has 35 heavy (non-hydrogen) atoms. The SMILES string of the molecule is CCNC(=O)Nc1cc(-c2nc(C(F)(F)F)cs2)c(-c2ccc3c(=O)c(C(=O)O)c[nH]c3c2)cn1. The molecule has 0 radical (unpaired) electrons. The van der Waals surface area contributed by atoms with Gasteiger partial charge in [0.15, 0.2) is 5.69 Å². The average Bonchev–Trinajstić information content (AvgIpc) is 3.30. The summed E-state index contributed by atoms with van der Waals surface area (Å²) < 4.78 is 39.5. The molecule has 0 atom stereocenters. The number of halogens is 3. The molecule has 0 saturated heterocycles. The fourth-order valence-corrected chi connectivity index (χ4v) is 4.18. The summed E-state index contributed by atoms with van der Waals surface area (Å²) in [6, 6.07) is 5.37. The van der Waals surface area contributed by atoms with Gasteiger partial charge in [0.2, 0.25) is 5.43 Å². The van der Waals surface area contributed by atoms with Gasteiger partial charge in [-0.05, 0) is 30.7 Å². The van der Waals surface area contributed by atoms with Crippen LogP contribution in [0.25, 0.3) is 32.6 Å². The third-order valence-electron chi connectivity index (χ3n) is 4.93. The highest BCUT2D eigenvalue weighted by Crippen LogP contribution is 2.38. The van der Waals surface area contributed by atoms with Gasteiger partial charge in [0.1, 0.15) is 16.4 Å². The number of H-pyrrole nitrogens is 1. The van der Waals surface area contributed by atoms with Gasteiger partial charge in [-0.3, -0.25) is 10.1 Å². The van der Waals surface area contributed by atoms with Crippen molar-refractivity contribution in [2.45, 2.75) is 13.1 Å². The maximum atomic E-state index is 13.2. The second kappa shape index (κ2) is 9.18. The molecule has 3 heterocycles. The zero-order chi connectivity index (χ0) is 25.3. The highest BCUT2D eigenvalue weighted by atomic mass is 32.1. The maximum absolute atomic E-state index is 13.2. The van der Waals surface area contributed by atoms with Gasteiger partial charge >= 0.3 is 18.2 Å². The van der Waals surface area contributed by atoms with Crippen LogP contribution in [0.3, 0.4) is 0 Å². The van der Waals surface area contributed by atoms with E-state index in [0.29, 0.717) is 23.2 Å². The highest BCUT2D eigenvalue weighted by molar-refractivity contribution is 7.13. The topological polar surface area (TPSA) is 137 Å². The normalized spacial score (nSPS) is 11.4. The van der Waals surface area contributed by atoms with E-state index in [1.807, 2.05) is 0 Å². The number of nitrogens with one attached hydrogen (secondary N) is 3. The molecule has 13 heteroatoms. The standard InChI is InChI=1S/C22H16F3N5O4S/c1-2-26-21(34)30-17-6-12(19-29-16(9-35-19)22(23,24)25)13(7-28-17)10-3-4-11-15(5-10)27-8-14(18(11)31)20(32)33/h3-9H,2H2,1H3,(H,27,31)(H,32,33)(H2,26,28,30,34). The van der Waals surface area contributed by atoms with Crippen molar-refractivity contribution in [3.63, 3.8) is 0 Å². The maximum Gasteiger partial charge on any atom is 0.434 e. The van der Waals surface area contributed by atoms with Gasteiger partial charge in [0.05, 0.1) is 0 Å². The number of urea groups is 1. The second-order valence-electron chi connectivity index (χ2n) is 7.23. The molecule has 9 nitrogen and oxygen atoms in total. The molecule has 2 amide bonds. The number of nitrogens with zero attached hydrogens (tertiary/aromatic N) is 2. The summed E-state index contributed by atoms with van der Waals surface area (Å²) in [7, 11) is 0. The van der Waals surface area contributed by atoms with Gasteiger partial charge in [-0.1, -0.05) is 6.07 Å². The van der Waals surface area contributed by atoms with Gasteiger partial charge < -0.3 is 15.4 Å². The quantitative estimate of drug-likeness (QED) is 0.315. The lowest BCUT2D eigenvalue weighted by molar-refractivity contribution is -0.140. The number of alkyl halides is 3. The van der Waals surface area contributed by atoms with Crippen LogP contribution in [-0.2, 0) is 6.18 Å². The lowest BCUT2D eigenvalue weighted by Gasteiger charge is -2.12. The molecule has 0 aliphatic rings. The van der Waals surface area contributed by atoms with Crippen LogP contribution in [0.2, 0.25) is 0 Å². The molecule has 0 bridgehead atoms. The van der Waals surface area contributed by atoms with E-state index in [9.17, 15) is 27.6 Å². The van der Waals surface area contributed by atoms with E-state index in [0.717, 1.165) is 22.9 Å². The zero-order valence-electron chi connectivity index (χ0n) is 17.9. The first-order chi connectivity index (χ1) is 16.6. The number of carbonyl (C=O) groups is 2. The van der Waals surface area contributed by atoms with Gasteiger partial charge in [-0.15, -0.1) is 11.3 Å². The fourth-order valence-electron chi connectivity index (χ4n) is 3.33. The first-order valence-corrected chi connectivity index (χ1v) is 10.9. The van der Waals surface area contributed by atoms with Crippen molar-refractivity contribution >= 4 is 40.1 Å². The summed E-state index contributed by atoms with van der Waals surface area (Å²) in [5.41, 5.74) is -0.684. The van der Waals surface area contributed by atoms with E-state index in [2.05, 4.69) is 25.6 Å². The predicted octanol–water partition coefficient (Wildman–Crippen LogP) is 4.57. The van der Waals surface area contributed by atoms with Crippen LogP contribution < -0.4 is 16.1 Å². The monoisotopic (exact) mass is 503 g/mol. The number of aromatic amines is 1. The number of rotatable bonds is 5. The number of carbonyl (C=O) groups excluding carboxylic acids is 1. The summed E-state index contributed by atoms with van der Waals surface area (Å²) >= 11 is 0.777. The Balaban J connectivity index is 1.86. The van der Waals surface area contributed by atoms with E-state index >= 15 is 0 Å². The van der Waals surface area contributed by atoms with E-state index in [4.69, 9.17) is 5.11 Å². The van der Waals surface area contributed by atoms with Crippen LogP contribution in [-0.4, -0.2) is 38.6 Å². The lowest BCUT2D eigenvalue weighted by atomic mass is 10.00. The van der Waals surface area contributed by atoms with Crippen molar-refractivity contribution < 1.29 is 27.9 Å².